The minimum atomic E-state index is -0.514. The first-order valence-electron chi connectivity index (χ1n) is 19.3. The largest absolute Gasteiger partial charge is 0.482 e. The molecule has 12 rings (SSSR count). The van der Waals surface area contributed by atoms with Crippen molar-refractivity contribution in [3.8, 4) is 50.6 Å². The number of ether oxygens (including phenoxy) is 1. The standard InChI is InChI=1S/C52H34N2OS/c1-51-30-12-11-27-46(51)52(43-24-8-9-25-44(43)55-51)41-23-7-5-17-37(41)40-31-33(28-29-42(40)52)47-49-48(39-18-6-10-26-45(39)56-49)54-50(53-47)38-22-14-20-35-34(19-13-21-36(35)38)32-15-3-2-4-16-32/h2-31,46H,1H3/t46?,51-,52?/m1/s1. The fourth-order valence-electron chi connectivity index (χ4n) is 10.0. The number of para-hydroxylation sites is 1. The lowest BCUT2D eigenvalue weighted by atomic mass is 9.57. The molecule has 0 saturated carbocycles. The van der Waals surface area contributed by atoms with Crippen LogP contribution in [0.15, 0.2) is 182 Å². The second kappa shape index (κ2) is 11.7. The number of allylic oxidation sites excluding steroid dienone is 2. The van der Waals surface area contributed by atoms with Gasteiger partial charge >= 0.3 is 0 Å². The van der Waals surface area contributed by atoms with Crippen molar-refractivity contribution in [1.29, 1.82) is 0 Å². The Morgan fingerprint density at radius 1 is 0.554 bits per heavy atom. The average Bonchev–Trinajstić information content (AvgIpc) is 3.77. The van der Waals surface area contributed by atoms with Crippen LogP contribution < -0.4 is 4.74 Å². The Bertz CT molecular complexity index is 3160. The number of benzene rings is 7. The van der Waals surface area contributed by atoms with Crippen LogP contribution >= 0.6 is 11.3 Å². The molecule has 2 aliphatic carbocycles. The third-order valence-corrected chi connectivity index (χ3v) is 13.6. The lowest BCUT2D eigenvalue weighted by molar-refractivity contribution is 0.0471. The molecule has 4 heteroatoms. The highest BCUT2D eigenvalue weighted by atomic mass is 32.1. The van der Waals surface area contributed by atoms with E-state index in [1.165, 1.54) is 49.0 Å². The van der Waals surface area contributed by atoms with Gasteiger partial charge < -0.3 is 4.74 Å². The second-order valence-corrected chi connectivity index (χ2v) is 16.4. The van der Waals surface area contributed by atoms with Crippen LogP contribution in [0.5, 0.6) is 5.75 Å². The summed E-state index contributed by atoms with van der Waals surface area (Å²) in [5.41, 5.74) is 11.9. The molecule has 7 aromatic carbocycles. The number of hydrogen-bond donors (Lipinski definition) is 0. The summed E-state index contributed by atoms with van der Waals surface area (Å²) in [6, 6.07) is 57.0. The molecule has 2 unspecified atom stereocenters. The normalized spacial score (nSPS) is 20.2. The van der Waals surface area contributed by atoms with E-state index >= 15 is 0 Å². The maximum Gasteiger partial charge on any atom is 0.161 e. The Morgan fingerprint density at radius 3 is 2.14 bits per heavy atom. The summed E-state index contributed by atoms with van der Waals surface area (Å²) in [5.74, 6) is 1.73. The molecule has 3 aliphatic rings. The first-order chi connectivity index (χ1) is 27.6. The highest BCUT2D eigenvalue weighted by molar-refractivity contribution is 7.26. The third kappa shape index (κ3) is 4.28. The summed E-state index contributed by atoms with van der Waals surface area (Å²) < 4.78 is 9.19. The van der Waals surface area contributed by atoms with E-state index in [1.807, 2.05) is 0 Å². The molecule has 0 radical (unpaired) electrons. The van der Waals surface area contributed by atoms with Gasteiger partial charge in [0.15, 0.2) is 5.82 Å². The van der Waals surface area contributed by atoms with Crippen LogP contribution in [-0.4, -0.2) is 15.6 Å². The monoisotopic (exact) mass is 734 g/mol. The molecule has 2 aromatic heterocycles. The van der Waals surface area contributed by atoms with Gasteiger partial charge in [-0.25, -0.2) is 9.97 Å². The van der Waals surface area contributed by atoms with Crippen LogP contribution in [0.25, 0.3) is 76.0 Å². The third-order valence-electron chi connectivity index (χ3n) is 12.4. The predicted octanol–water partition coefficient (Wildman–Crippen LogP) is 13.2. The van der Waals surface area contributed by atoms with Gasteiger partial charge in [-0.1, -0.05) is 158 Å². The van der Waals surface area contributed by atoms with Crippen molar-refractivity contribution in [2.75, 3.05) is 0 Å². The van der Waals surface area contributed by atoms with E-state index in [4.69, 9.17) is 14.7 Å². The fourth-order valence-corrected chi connectivity index (χ4v) is 11.2. The zero-order valence-corrected chi connectivity index (χ0v) is 31.4. The first-order valence-corrected chi connectivity index (χ1v) is 20.1. The van der Waals surface area contributed by atoms with Crippen molar-refractivity contribution in [2.24, 2.45) is 5.92 Å². The van der Waals surface area contributed by atoms with E-state index < -0.39 is 11.0 Å². The smallest absolute Gasteiger partial charge is 0.161 e. The molecule has 0 bridgehead atoms. The number of aromatic nitrogens is 2. The molecule has 0 saturated heterocycles. The van der Waals surface area contributed by atoms with Crippen LogP contribution in [0.3, 0.4) is 0 Å². The molecule has 1 spiro atoms. The second-order valence-electron chi connectivity index (χ2n) is 15.4. The van der Waals surface area contributed by atoms with Crippen LogP contribution in [0.4, 0.5) is 0 Å². The molecule has 1 aliphatic heterocycles. The predicted molar refractivity (Wildman–Crippen MR) is 231 cm³/mol. The van der Waals surface area contributed by atoms with Crippen molar-refractivity contribution in [2.45, 2.75) is 17.9 Å². The molecule has 56 heavy (non-hydrogen) atoms. The number of hydrogen-bond acceptors (Lipinski definition) is 4. The van der Waals surface area contributed by atoms with Crippen LogP contribution in [-0.2, 0) is 5.41 Å². The Morgan fingerprint density at radius 2 is 1.25 bits per heavy atom. The van der Waals surface area contributed by atoms with E-state index in [-0.39, 0.29) is 5.92 Å². The molecule has 9 aromatic rings. The highest BCUT2D eigenvalue weighted by Gasteiger charge is 2.59. The zero-order chi connectivity index (χ0) is 37.0. The summed E-state index contributed by atoms with van der Waals surface area (Å²) in [7, 11) is 0. The minimum Gasteiger partial charge on any atom is -0.482 e. The molecule has 3 atom stereocenters. The molecular formula is C52H34N2OS. The van der Waals surface area contributed by atoms with Crippen LogP contribution in [0, 0.1) is 5.92 Å². The van der Waals surface area contributed by atoms with E-state index in [0.717, 1.165) is 49.4 Å². The van der Waals surface area contributed by atoms with Crippen LogP contribution in [0.1, 0.15) is 23.6 Å². The van der Waals surface area contributed by atoms with Crippen LogP contribution in [0.2, 0.25) is 0 Å². The summed E-state index contributed by atoms with van der Waals surface area (Å²) in [5, 5.41) is 3.48. The molecule has 3 heterocycles. The van der Waals surface area contributed by atoms with Gasteiger partial charge in [0.05, 0.1) is 21.3 Å². The van der Waals surface area contributed by atoms with Gasteiger partial charge in [0.1, 0.15) is 11.4 Å². The summed E-state index contributed by atoms with van der Waals surface area (Å²) in [4.78, 5) is 10.9. The summed E-state index contributed by atoms with van der Waals surface area (Å²) in [6.45, 7) is 2.24. The number of nitrogens with zero attached hydrogens (tertiary/aromatic N) is 2. The maximum atomic E-state index is 6.87. The van der Waals surface area contributed by atoms with Gasteiger partial charge in [0.25, 0.3) is 0 Å². The van der Waals surface area contributed by atoms with E-state index in [9.17, 15) is 0 Å². The maximum absolute atomic E-state index is 6.87. The van der Waals surface area contributed by atoms with Gasteiger partial charge in [-0.2, -0.15) is 0 Å². The Labute approximate surface area is 328 Å². The van der Waals surface area contributed by atoms with Crippen molar-refractivity contribution in [1.82, 2.24) is 9.97 Å². The molecule has 3 nitrogen and oxygen atoms in total. The lowest BCUT2D eigenvalue weighted by Gasteiger charge is -2.52. The number of thiophene rings is 1. The number of fused-ring (bicyclic) bond motifs is 13. The van der Waals surface area contributed by atoms with Gasteiger partial charge in [0.2, 0.25) is 0 Å². The van der Waals surface area contributed by atoms with Crippen molar-refractivity contribution < 1.29 is 4.74 Å². The van der Waals surface area contributed by atoms with E-state index in [0.29, 0.717) is 0 Å². The van der Waals surface area contributed by atoms with Crippen molar-refractivity contribution >= 4 is 42.4 Å². The van der Waals surface area contributed by atoms with Crippen molar-refractivity contribution in [3.63, 3.8) is 0 Å². The van der Waals surface area contributed by atoms with Crippen molar-refractivity contribution in [3.05, 3.63) is 199 Å². The van der Waals surface area contributed by atoms with E-state index in [2.05, 4.69) is 189 Å². The van der Waals surface area contributed by atoms with Gasteiger partial charge in [-0.15, -0.1) is 11.3 Å². The number of rotatable bonds is 3. The minimum absolute atomic E-state index is 0.0512. The van der Waals surface area contributed by atoms with Gasteiger partial charge in [0, 0.05) is 32.7 Å². The van der Waals surface area contributed by atoms with Gasteiger partial charge in [-0.05, 0) is 75.4 Å². The lowest BCUT2D eigenvalue weighted by Crippen LogP contribution is -2.54. The highest BCUT2D eigenvalue weighted by Crippen LogP contribution is 2.64. The SMILES string of the molecule is C[C@@]12C=CC=CC1C1(c3ccccc3O2)c2ccccc2-c2cc(-c3nc(-c4cccc5c(-c6ccccc6)cccc45)nc4c3sc3ccccc34)ccc21. The fraction of sp³-hybridized carbons (Fsp3) is 0.0769. The Kier molecular flexibility index (Phi) is 6.62. The molecule has 0 fully saturated rings. The molecule has 0 amide bonds. The summed E-state index contributed by atoms with van der Waals surface area (Å²) >= 11 is 1.78. The van der Waals surface area contributed by atoms with E-state index in [1.54, 1.807) is 11.3 Å². The topological polar surface area (TPSA) is 35.0 Å². The average molecular weight is 735 g/mol. The molecular weight excluding hydrogens is 701 g/mol. The molecule has 0 N–H and O–H groups in total. The summed E-state index contributed by atoms with van der Waals surface area (Å²) in [6.07, 6.45) is 8.92. The van der Waals surface area contributed by atoms with Gasteiger partial charge in [-0.3, -0.25) is 0 Å². The molecule has 264 valence electrons. The quantitative estimate of drug-likeness (QED) is 0.181. The Hall–Kier alpha value is -6.62. The zero-order valence-electron chi connectivity index (χ0n) is 30.6. The Balaban J connectivity index is 1.12. The first kappa shape index (κ1) is 31.7.